The summed E-state index contributed by atoms with van der Waals surface area (Å²) in [6.07, 6.45) is 1.27. The molecular formula is C17H22N4O3S2. The van der Waals surface area contributed by atoms with E-state index >= 15 is 0 Å². The number of sulfone groups is 1. The van der Waals surface area contributed by atoms with E-state index in [9.17, 15) is 13.2 Å². The zero-order valence-corrected chi connectivity index (χ0v) is 16.4. The normalized spacial score (nSPS) is 18.8. The highest BCUT2D eigenvalue weighted by Crippen LogP contribution is 2.24. The molecule has 0 spiro atoms. The van der Waals surface area contributed by atoms with Gasteiger partial charge in [-0.25, -0.2) is 8.42 Å². The van der Waals surface area contributed by atoms with Gasteiger partial charge in [0, 0.05) is 19.2 Å². The van der Waals surface area contributed by atoms with Crippen LogP contribution in [0.2, 0.25) is 0 Å². The van der Waals surface area contributed by atoms with Crippen molar-refractivity contribution in [2.45, 2.75) is 24.9 Å². The molecule has 1 aliphatic rings. The second-order valence-corrected chi connectivity index (χ2v) is 9.75. The zero-order valence-electron chi connectivity index (χ0n) is 14.8. The van der Waals surface area contributed by atoms with Crippen molar-refractivity contribution in [2.75, 3.05) is 22.6 Å². The molecule has 1 aliphatic heterocycles. The molecule has 140 valence electrons. The van der Waals surface area contributed by atoms with E-state index in [2.05, 4.69) is 15.5 Å². The quantitative estimate of drug-likeness (QED) is 0.751. The lowest BCUT2D eigenvalue weighted by Crippen LogP contribution is -2.15. The third-order valence-corrected chi connectivity index (χ3v) is 7.33. The monoisotopic (exact) mass is 394 g/mol. The topological polar surface area (TPSA) is 94.0 Å². The Hall–Kier alpha value is -1.87. The number of aromatic nitrogens is 3. The first-order valence-corrected chi connectivity index (χ1v) is 11.2. The molecule has 2 heterocycles. The summed E-state index contributed by atoms with van der Waals surface area (Å²) in [5.41, 5.74) is 1.82. The summed E-state index contributed by atoms with van der Waals surface area (Å²) in [6.45, 7) is 1.95. The molecule has 0 bridgehead atoms. The van der Waals surface area contributed by atoms with E-state index in [1.165, 1.54) is 11.8 Å². The first-order valence-electron chi connectivity index (χ1n) is 8.41. The van der Waals surface area contributed by atoms with Crippen molar-refractivity contribution in [1.29, 1.82) is 0 Å². The number of carbonyl (C=O) groups excluding carboxylic acids is 1. The maximum atomic E-state index is 12.2. The smallest absolute Gasteiger partial charge is 0.234 e. The molecule has 7 nitrogen and oxygen atoms in total. The number of benzene rings is 1. The van der Waals surface area contributed by atoms with E-state index in [4.69, 9.17) is 0 Å². The van der Waals surface area contributed by atoms with Crippen LogP contribution in [0.3, 0.4) is 0 Å². The van der Waals surface area contributed by atoms with Crippen LogP contribution in [0.4, 0.5) is 5.69 Å². The van der Waals surface area contributed by atoms with Gasteiger partial charge in [-0.05, 0) is 30.9 Å². The van der Waals surface area contributed by atoms with Gasteiger partial charge >= 0.3 is 0 Å². The van der Waals surface area contributed by atoms with Crippen LogP contribution in [0.5, 0.6) is 0 Å². The largest absolute Gasteiger partial charge is 0.325 e. The second-order valence-electron chi connectivity index (χ2n) is 6.58. The highest BCUT2D eigenvalue weighted by Gasteiger charge is 2.29. The molecule has 0 unspecified atom stereocenters. The molecule has 1 atom stereocenters. The van der Waals surface area contributed by atoms with Gasteiger partial charge in [0.1, 0.15) is 5.82 Å². The number of hydrogen-bond donors (Lipinski definition) is 1. The number of anilines is 1. The highest BCUT2D eigenvalue weighted by molar-refractivity contribution is 7.99. The predicted octanol–water partition coefficient (Wildman–Crippen LogP) is 1.83. The number of amides is 1. The molecule has 0 radical (unpaired) electrons. The van der Waals surface area contributed by atoms with E-state index in [1.54, 1.807) is 0 Å². The number of nitrogens with zero attached hydrogens (tertiary/aromatic N) is 3. The average molecular weight is 395 g/mol. The lowest BCUT2D eigenvalue weighted by molar-refractivity contribution is -0.113. The molecule has 1 amide bonds. The van der Waals surface area contributed by atoms with Gasteiger partial charge in [-0.3, -0.25) is 4.79 Å². The van der Waals surface area contributed by atoms with Crippen molar-refractivity contribution in [3.8, 4) is 0 Å². The highest BCUT2D eigenvalue weighted by atomic mass is 32.2. The van der Waals surface area contributed by atoms with Crippen LogP contribution in [-0.2, 0) is 28.1 Å². The molecule has 9 heteroatoms. The Morgan fingerprint density at radius 2 is 2.12 bits per heavy atom. The van der Waals surface area contributed by atoms with Gasteiger partial charge < -0.3 is 9.88 Å². The van der Waals surface area contributed by atoms with Gasteiger partial charge in [-0.15, -0.1) is 10.2 Å². The SMILES string of the molecule is Cc1ccccc1NC(=O)CSc1nnc(C[C@H]2CCS(=O)(=O)C2)n1C. The Balaban J connectivity index is 1.55. The molecule has 1 fully saturated rings. The van der Waals surface area contributed by atoms with Crippen molar-refractivity contribution < 1.29 is 13.2 Å². The molecule has 1 N–H and O–H groups in total. The molecule has 2 aromatic rings. The van der Waals surface area contributed by atoms with E-state index in [0.717, 1.165) is 17.1 Å². The van der Waals surface area contributed by atoms with Crippen molar-refractivity contribution in [3.05, 3.63) is 35.7 Å². The van der Waals surface area contributed by atoms with Crippen molar-refractivity contribution in [1.82, 2.24) is 14.8 Å². The van der Waals surface area contributed by atoms with Crippen LogP contribution in [0, 0.1) is 12.8 Å². The number of hydrogen-bond acceptors (Lipinski definition) is 6. The van der Waals surface area contributed by atoms with Crippen LogP contribution >= 0.6 is 11.8 Å². The fraction of sp³-hybridized carbons (Fsp3) is 0.471. The molecule has 0 saturated carbocycles. The lowest BCUT2D eigenvalue weighted by Gasteiger charge is -2.09. The average Bonchev–Trinajstić information content (AvgIpc) is 3.11. The minimum absolute atomic E-state index is 0.101. The maximum absolute atomic E-state index is 12.2. The zero-order chi connectivity index (χ0) is 18.7. The number of para-hydroxylation sites is 1. The number of carbonyl (C=O) groups is 1. The van der Waals surface area contributed by atoms with Gasteiger partial charge in [-0.1, -0.05) is 30.0 Å². The molecular weight excluding hydrogens is 372 g/mol. The third-order valence-electron chi connectivity index (χ3n) is 4.47. The molecule has 1 saturated heterocycles. The maximum Gasteiger partial charge on any atom is 0.234 e. The standard InChI is InChI=1S/C17H22N4O3S2/c1-12-5-3-4-6-14(12)18-16(22)10-25-17-20-19-15(21(17)2)9-13-7-8-26(23,24)11-13/h3-6,13H,7-11H2,1-2H3,(H,18,22)/t13-/m1/s1. The summed E-state index contributed by atoms with van der Waals surface area (Å²) < 4.78 is 25.0. The van der Waals surface area contributed by atoms with E-state index < -0.39 is 9.84 Å². The minimum Gasteiger partial charge on any atom is -0.325 e. The number of nitrogens with one attached hydrogen (secondary N) is 1. The predicted molar refractivity (Wildman–Crippen MR) is 102 cm³/mol. The summed E-state index contributed by atoms with van der Waals surface area (Å²) >= 11 is 1.32. The Morgan fingerprint density at radius 3 is 2.81 bits per heavy atom. The molecule has 0 aliphatic carbocycles. The Labute approximate surface area is 157 Å². The van der Waals surface area contributed by atoms with Gasteiger partial charge in [0.05, 0.1) is 17.3 Å². The lowest BCUT2D eigenvalue weighted by atomic mass is 10.1. The minimum atomic E-state index is -2.89. The fourth-order valence-corrected chi connectivity index (χ4v) is 5.56. The fourth-order valence-electron chi connectivity index (χ4n) is 2.97. The van der Waals surface area contributed by atoms with Crippen LogP contribution < -0.4 is 5.32 Å². The Morgan fingerprint density at radius 1 is 1.35 bits per heavy atom. The van der Waals surface area contributed by atoms with Crippen LogP contribution in [0.1, 0.15) is 17.8 Å². The van der Waals surface area contributed by atoms with Gasteiger partial charge in [0.15, 0.2) is 15.0 Å². The molecule has 3 rings (SSSR count). The number of rotatable bonds is 6. The number of thioether (sulfide) groups is 1. The van der Waals surface area contributed by atoms with Crippen LogP contribution in [-0.4, -0.2) is 46.3 Å². The van der Waals surface area contributed by atoms with Gasteiger partial charge in [0.2, 0.25) is 5.91 Å². The van der Waals surface area contributed by atoms with Crippen LogP contribution in [0.25, 0.3) is 0 Å². The van der Waals surface area contributed by atoms with E-state index in [0.29, 0.717) is 18.0 Å². The van der Waals surface area contributed by atoms with Crippen molar-refractivity contribution >= 4 is 33.2 Å². The van der Waals surface area contributed by atoms with E-state index in [1.807, 2.05) is 42.8 Å². The van der Waals surface area contributed by atoms with Crippen LogP contribution in [0.15, 0.2) is 29.4 Å². The van der Waals surface area contributed by atoms with Crippen molar-refractivity contribution in [3.63, 3.8) is 0 Å². The second kappa shape index (κ2) is 7.79. The van der Waals surface area contributed by atoms with Crippen molar-refractivity contribution in [2.24, 2.45) is 13.0 Å². The summed E-state index contributed by atoms with van der Waals surface area (Å²) in [7, 11) is -1.04. The summed E-state index contributed by atoms with van der Waals surface area (Å²) in [5.74, 6) is 1.48. The summed E-state index contributed by atoms with van der Waals surface area (Å²) in [6, 6.07) is 7.62. The molecule has 26 heavy (non-hydrogen) atoms. The third kappa shape index (κ3) is 4.64. The summed E-state index contributed by atoms with van der Waals surface area (Å²) in [4.78, 5) is 12.2. The van der Waals surface area contributed by atoms with E-state index in [-0.39, 0.29) is 29.1 Å². The molecule has 1 aromatic carbocycles. The first kappa shape index (κ1) is 18.9. The molecule has 1 aromatic heterocycles. The number of aryl methyl sites for hydroxylation is 1. The van der Waals surface area contributed by atoms with Gasteiger partial charge in [0.25, 0.3) is 0 Å². The summed E-state index contributed by atoms with van der Waals surface area (Å²) in [5, 5.41) is 11.8. The Bertz CT molecular complexity index is 908. The van der Waals surface area contributed by atoms with Gasteiger partial charge in [-0.2, -0.15) is 0 Å². The Kier molecular flexibility index (Phi) is 5.67. The first-order chi connectivity index (χ1) is 12.3.